The van der Waals surface area contributed by atoms with Gasteiger partial charge in [-0.15, -0.1) is 0 Å². The topological polar surface area (TPSA) is 61.1 Å². The molecule has 0 spiro atoms. The van der Waals surface area contributed by atoms with Gasteiger partial charge in [-0.2, -0.15) is 0 Å². The number of furan rings is 1. The molecule has 1 aromatic heterocycles. The monoisotopic (exact) mass is 326 g/mol. The number of fused-ring (bicyclic) bond motifs is 3. The lowest BCUT2D eigenvalue weighted by Gasteiger charge is -2.40. The molecule has 5 nitrogen and oxygen atoms in total. The van der Waals surface area contributed by atoms with Crippen LogP contribution in [0.5, 0.6) is 11.5 Å². The molecule has 0 aliphatic carbocycles. The minimum absolute atomic E-state index is 0.264. The first-order valence-corrected chi connectivity index (χ1v) is 7.74. The van der Waals surface area contributed by atoms with Gasteiger partial charge in [0.25, 0.3) is 0 Å². The molecule has 0 bridgehead atoms. The van der Waals surface area contributed by atoms with Crippen molar-refractivity contribution < 1.29 is 23.7 Å². The van der Waals surface area contributed by atoms with Crippen LogP contribution in [0.15, 0.2) is 53.1 Å². The van der Waals surface area contributed by atoms with Gasteiger partial charge in [0.15, 0.2) is 0 Å². The highest BCUT2D eigenvalue weighted by atomic mass is 16.7. The summed E-state index contributed by atoms with van der Waals surface area (Å²) < 4.78 is 23.0. The van der Waals surface area contributed by atoms with Gasteiger partial charge in [0.05, 0.1) is 30.4 Å². The van der Waals surface area contributed by atoms with E-state index < -0.39 is 11.9 Å². The lowest BCUT2D eigenvalue weighted by molar-refractivity contribution is -0.202. The number of hydrogen-bond donors (Lipinski definition) is 1. The van der Waals surface area contributed by atoms with Crippen LogP contribution in [0.25, 0.3) is 11.0 Å². The molecular formula is C19H18O5. The molecule has 2 unspecified atom stereocenters. The number of methoxy groups -OCH3 is 2. The lowest BCUT2D eigenvalue weighted by atomic mass is 9.90. The highest BCUT2D eigenvalue weighted by Crippen LogP contribution is 2.51. The molecule has 0 saturated heterocycles. The third-order valence-electron chi connectivity index (χ3n) is 4.54. The fourth-order valence-electron chi connectivity index (χ4n) is 3.34. The van der Waals surface area contributed by atoms with Gasteiger partial charge in [0.1, 0.15) is 17.1 Å². The van der Waals surface area contributed by atoms with Gasteiger partial charge in [0, 0.05) is 25.2 Å². The number of ether oxygens (including phenoxy) is 3. The molecule has 4 rings (SSSR count). The van der Waals surface area contributed by atoms with E-state index in [0.29, 0.717) is 22.6 Å². The molecule has 1 N–H and O–H groups in total. The van der Waals surface area contributed by atoms with Crippen molar-refractivity contribution in [3.05, 3.63) is 59.9 Å². The third kappa shape index (κ3) is 2.09. The zero-order valence-corrected chi connectivity index (χ0v) is 13.5. The minimum Gasteiger partial charge on any atom is -0.496 e. The fourth-order valence-corrected chi connectivity index (χ4v) is 3.34. The quantitative estimate of drug-likeness (QED) is 0.794. The zero-order valence-electron chi connectivity index (χ0n) is 13.5. The van der Waals surface area contributed by atoms with Crippen molar-refractivity contribution in [2.24, 2.45) is 0 Å². The first-order chi connectivity index (χ1) is 11.7. The second kappa shape index (κ2) is 5.54. The molecule has 3 aromatic rings. The zero-order chi connectivity index (χ0) is 16.7. The minimum atomic E-state index is -1.07. The molecule has 2 aromatic carbocycles. The van der Waals surface area contributed by atoms with Gasteiger partial charge in [-0.3, -0.25) is 0 Å². The van der Waals surface area contributed by atoms with E-state index in [1.54, 1.807) is 26.5 Å². The summed E-state index contributed by atoms with van der Waals surface area (Å²) in [7, 11) is 3.14. The van der Waals surface area contributed by atoms with Crippen molar-refractivity contribution in [2.75, 3.05) is 14.2 Å². The largest absolute Gasteiger partial charge is 0.496 e. The van der Waals surface area contributed by atoms with Crippen LogP contribution < -0.4 is 9.47 Å². The Kier molecular flexibility index (Phi) is 3.48. The Morgan fingerprint density at radius 3 is 2.67 bits per heavy atom. The van der Waals surface area contributed by atoms with E-state index >= 15 is 0 Å². The van der Waals surface area contributed by atoms with Crippen LogP contribution >= 0.6 is 0 Å². The Morgan fingerprint density at radius 1 is 1.17 bits per heavy atom. The van der Waals surface area contributed by atoms with Crippen LogP contribution in [-0.2, 0) is 10.5 Å². The molecule has 0 amide bonds. The summed E-state index contributed by atoms with van der Waals surface area (Å²) in [4.78, 5) is 0. The summed E-state index contributed by atoms with van der Waals surface area (Å²) in [5.41, 5.74) is 2.10. The van der Waals surface area contributed by atoms with Crippen molar-refractivity contribution >= 4 is 11.0 Å². The van der Waals surface area contributed by atoms with Crippen LogP contribution in [-0.4, -0.2) is 19.3 Å². The predicted molar refractivity (Wildman–Crippen MR) is 88.1 cm³/mol. The van der Waals surface area contributed by atoms with Crippen molar-refractivity contribution in [1.29, 1.82) is 0 Å². The summed E-state index contributed by atoms with van der Waals surface area (Å²) in [6.07, 6.45) is 1.06. The van der Waals surface area contributed by atoms with Gasteiger partial charge in [-0.05, 0) is 6.07 Å². The van der Waals surface area contributed by atoms with Gasteiger partial charge >= 0.3 is 0 Å². The van der Waals surface area contributed by atoms with Crippen LogP contribution in [0.4, 0.5) is 0 Å². The molecule has 0 radical (unpaired) electrons. The van der Waals surface area contributed by atoms with Gasteiger partial charge < -0.3 is 23.7 Å². The van der Waals surface area contributed by atoms with E-state index in [4.69, 9.17) is 18.6 Å². The van der Waals surface area contributed by atoms with Gasteiger partial charge in [-0.25, -0.2) is 0 Å². The second-order valence-corrected chi connectivity index (χ2v) is 5.80. The highest BCUT2D eigenvalue weighted by Gasteiger charge is 2.44. The molecule has 0 fully saturated rings. The molecule has 1 aliphatic heterocycles. The Hall–Kier alpha value is -2.50. The molecule has 2 heterocycles. The van der Waals surface area contributed by atoms with Crippen LogP contribution in [0, 0.1) is 0 Å². The maximum Gasteiger partial charge on any atom is 0.239 e. The lowest BCUT2D eigenvalue weighted by Crippen LogP contribution is -2.40. The Morgan fingerprint density at radius 2 is 1.96 bits per heavy atom. The van der Waals surface area contributed by atoms with Crippen LogP contribution in [0.3, 0.4) is 0 Å². The second-order valence-electron chi connectivity index (χ2n) is 5.80. The predicted octanol–water partition coefficient (Wildman–Crippen LogP) is 3.76. The average Bonchev–Trinajstić information content (AvgIpc) is 3.10. The van der Waals surface area contributed by atoms with Crippen molar-refractivity contribution in [2.45, 2.75) is 18.3 Å². The number of aliphatic hydroxyl groups excluding tert-OH is 1. The summed E-state index contributed by atoms with van der Waals surface area (Å²) in [6, 6.07) is 13.2. The SMILES string of the molecule is COc1cc2occc2c2c1C(O)CC(OC)(c1ccccc1)O2. The van der Waals surface area contributed by atoms with E-state index in [1.165, 1.54) is 0 Å². The fraction of sp³-hybridized carbons (Fsp3) is 0.263. The average molecular weight is 326 g/mol. The highest BCUT2D eigenvalue weighted by molar-refractivity contribution is 5.88. The molecule has 124 valence electrons. The summed E-state index contributed by atoms with van der Waals surface area (Å²) >= 11 is 0. The number of hydrogen-bond acceptors (Lipinski definition) is 5. The number of benzene rings is 2. The van der Waals surface area contributed by atoms with Crippen molar-refractivity contribution in [3.8, 4) is 11.5 Å². The summed E-state index contributed by atoms with van der Waals surface area (Å²) in [6.45, 7) is 0. The summed E-state index contributed by atoms with van der Waals surface area (Å²) in [5, 5.41) is 11.6. The summed E-state index contributed by atoms with van der Waals surface area (Å²) in [5.74, 6) is 0.00446. The van der Waals surface area contributed by atoms with Gasteiger partial charge in [0.2, 0.25) is 5.79 Å². The van der Waals surface area contributed by atoms with Crippen LogP contribution in [0.2, 0.25) is 0 Å². The molecular weight excluding hydrogens is 308 g/mol. The van der Waals surface area contributed by atoms with E-state index in [1.807, 2.05) is 36.4 Å². The molecule has 0 saturated carbocycles. The molecule has 5 heteroatoms. The van der Waals surface area contributed by atoms with Gasteiger partial charge in [-0.1, -0.05) is 30.3 Å². The Balaban J connectivity index is 1.94. The first-order valence-electron chi connectivity index (χ1n) is 7.74. The molecule has 2 atom stereocenters. The van der Waals surface area contributed by atoms with Crippen molar-refractivity contribution in [3.63, 3.8) is 0 Å². The maximum atomic E-state index is 10.8. The van der Waals surface area contributed by atoms with E-state index in [0.717, 1.165) is 10.9 Å². The van der Waals surface area contributed by atoms with Crippen LogP contribution in [0.1, 0.15) is 23.7 Å². The number of rotatable bonds is 3. The Labute approximate surface area is 139 Å². The van der Waals surface area contributed by atoms with Crippen molar-refractivity contribution in [1.82, 2.24) is 0 Å². The standard InChI is InChI=1S/C19H18O5/c1-21-16-10-15-13(8-9-23-15)18-17(16)14(20)11-19(22-2,24-18)12-6-4-3-5-7-12/h3-10,14,20H,11H2,1-2H3. The van der Waals surface area contributed by atoms with E-state index in [9.17, 15) is 5.11 Å². The third-order valence-corrected chi connectivity index (χ3v) is 4.54. The van der Waals surface area contributed by atoms with E-state index in [2.05, 4.69) is 0 Å². The molecule has 1 aliphatic rings. The smallest absolute Gasteiger partial charge is 0.239 e. The number of aliphatic hydroxyl groups is 1. The first kappa shape index (κ1) is 15.1. The maximum absolute atomic E-state index is 10.8. The molecule has 24 heavy (non-hydrogen) atoms. The Bertz CT molecular complexity index is 870. The van der Waals surface area contributed by atoms with E-state index in [-0.39, 0.29) is 6.42 Å². The normalized spacial score (nSPS) is 22.9.